The second-order valence-corrected chi connectivity index (χ2v) is 17.0. The van der Waals surface area contributed by atoms with Crippen molar-refractivity contribution in [3.63, 3.8) is 0 Å². The van der Waals surface area contributed by atoms with Crippen LogP contribution < -0.4 is 11.1 Å². The van der Waals surface area contributed by atoms with Gasteiger partial charge in [-0.05, 0) is 60.2 Å². The Labute approximate surface area is 245 Å². The van der Waals surface area contributed by atoms with Crippen LogP contribution in [0.3, 0.4) is 0 Å². The van der Waals surface area contributed by atoms with Crippen molar-refractivity contribution in [3.8, 4) is 0 Å². The summed E-state index contributed by atoms with van der Waals surface area (Å²) in [5, 5.41) is 3.39. The quantitative estimate of drug-likeness (QED) is 0.153. The van der Waals surface area contributed by atoms with Gasteiger partial charge < -0.3 is 15.5 Å². The number of halogens is 3. The van der Waals surface area contributed by atoms with Gasteiger partial charge >= 0.3 is 0 Å². The van der Waals surface area contributed by atoms with E-state index in [1.54, 1.807) is 0 Å². The fraction of sp³-hybridized carbons (Fsp3) is 0.607. The number of carbonyl (C=O) groups excluding carboxylic acids is 1. The van der Waals surface area contributed by atoms with E-state index in [0.29, 0.717) is 19.0 Å². The molecule has 0 radical (unpaired) electrons. The second kappa shape index (κ2) is 16.1. The zero-order chi connectivity index (χ0) is 29.1. The lowest BCUT2D eigenvalue weighted by atomic mass is 9.98. The minimum Gasteiger partial charge on any atom is -0.416 e. The Morgan fingerprint density at radius 2 is 1.82 bits per heavy atom. The van der Waals surface area contributed by atoms with Crippen molar-refractivity contribution in [2.24, 2.45) is 5.73 Å². The highest BCUT2D eigenvalue weighted by Gasteiger charge is 2.36. The van der Waals surface area contributed by atoms with Crippen molar-refractivity contribution in [2.45, 2.75) is 97.8 Å². The lowest BCUT2D eigenvalue weighted by Gasteiger charge is -2.36. The zero-order valence-electron chi connectivity index (χ0n) is 24.2. The van der Waals surface area contributed by atoms with E-state index in [2.05, 4.69) is 76.0 Å². The number of hydrogen-bond donors (Lipinski definition) is 2. The summed E-state index contributed by atoms with van der Waals surface area (Å²) in [5.41, 5.74) is 9.81. The number of nitrogens with two attached hydrogens (primary N) is 1. The molecule has 214 valence electrons. The van der Waals surface area contributed by atoms with Crippen LogP contribution in [0.25, 0.3) is 0 Å². The molecule has 6 nitrogen and oxygen atoms in total. The van der Waals surface area contributed by atoms with Crippen molar-refractivity contribution >= 4 is 49.0 Å². The third-order valence-electron chi connectivity index (χ3n) is 6.77. The summed E-state index contributed by atoms with van der Waals surface area (Å²) in [7, 11) is -1.67. The highest BCUT2D eigenvalue weighted by molar-refractivity contribution is 6.74. The molecular formula is C28H45Cl3N4O2Si. The molecule has 1 amide bonds. The molecule has 2 aromatic heterocycles. The van der Waals surface area contributed by atoms with Gasteiger partial charge in [-0.3, -0.25) is 9.78 Å². The second-order valence-electron chi connectivity index (χ2n) is 11.1. The van der Waals surface area contributed by atoms with Crippen molar-refractivity contribution in [1.29, 1.82) is 0 Å². The van der Waals surface area contributed by atoms with E-state index in [1.807, 2.05) is 6.20 Å². The molecule has 0 aliphatic heterocycles. The Morgan fingerprint density at radius 3 is 2.37 bits per heavy atom. The molecule has 0 atom stereocenters. The van der Waals surface area contributed by atoms with Crippen molar-refractivity contribution in [2.75, 3.05) is 13.2 Å². The summed E-state index contributed by atoms with van der Waals surface area (Å²) >= 11 is 17.3. The highest BCUT2D eigenvalue weighted by atomic mass is 35.5. The fourth-order valence-corrected chi connectivity index (χ4v) is 5.03. The topological polar surface area (TPSA) is 90.1 Å². The van der Waals surface area contributed by atoms with Gasteiger partial charge in [0.05, 0.1) is 10.6 Å². The molecule has 0 fully saturated rings. The maximum absolute atomic E-state index is 11.8. The number of nitrogens with zero attached hydrogens (tertiary/aromatic N) is 2. The molecule has 2 rings (SSSR count). The Hall–Kier alpha value is -1.22. The molecule has 38 heavy (non-hydrogen) atoms. The van der Waals surface area contributed by atoms with Gasteiger partial charge in [-0.2, -0.15) is 0 Å². The van der Waals surface area contributed by atoms with Crippen molar-refractivity contribution < 1.29 is 9.22 Å². The fourth-order valence-electron chi connectivity index (χ4n) is 3.43. The first-order valence-electron chi connectivity index (χ1n) is 13.3. The van der Waals surface area contributed by atoms with Gasteiger partial charge in [0.2, 0.25) is 0 Å². The van der Waals surface area contributed by atoms with Crippen molar-refractivity contribution in [1.82, 2.24) is 15.3 Å². The average molecular weight is 604 g/mol. The number of pyridine rings is 2. The van der Waals surface area contributed by atoms with E-state index < -0.39 is 8.32 Å². The van der Waals surface area contributed by atoms with Gasteiger partial charge in [-0.25, -0.2) is 4.98 Å². The number of unbranched alkanes of at least 4 members (excludes halogenated alkanes) is 2. The molecule has 2 aromatic rings. The molecule has 0 aliphatic carbocycles. The standard InChI is InChI=1S/C17H32N2OSi.C11H13Cl3N2O/c1-13(2)16-15(12-18)14(8-10-19-16)9-11-20-21(6,7)17(3,4)5;1-2-3-4-5-15-11(17)7-6-8(12)10(14)16-9(7)13/h8,10,13H,9,11-12,18H2,1-7H3;6H,2-5H2,1H3,(H,15,17). The molecule has 0 aliphatic rings. The van der Waals surface area contributed by atoms with E-state index in [-0.39, 0.29) is 31.8 Å². The predicted octanol–water partition coefficient (Wildman–Crippen LogP) is 8.19. The van der Waals surface area contributed by atoms with Gasteiger partial charge in [-0.15, -0.1) is 0 Å². The first-order valence-corrected chi connectivity index (χ1v) is 17.3. The molecule has 0 aromatic carbocycles. The Balaban J connectivity index is 0.000000389. The predicted molar refractivity (Wildman–Crippen MR) is 164 cm³/mol. The molecule has 0 saturated carbocycles. The lowest BCUT2D eigenvalue weighted by molar-refractivity contribution is 0.0952. The summed E-state index contributed by atoms with van der Waals surface area (Å²) in [6, 6.07) is 3.51. The number of carbonyl (C=O) groups is 1. The number of amides is 1. The van der Waals surface area contributed by atoms with Gasteiger partial charge in [0.25, 0.3) is 5.91 Å². The maximum Gasteiger partial charge on any atom is 0.254 e. The van der Waals surface area contributed by atoms with E-state index in [9.17, 15) is 4.79 Å². The largest absolute Gasteiger partial charge is 0.416 e. The molecule has 3 N–H and O–H groups in total. The van der Waals surface area contributed by atoms with Gasteiger partial charge in [0.15, 0.2) is 8.32 Å². The first kappa shape index (κ1) is 34.8. The first-order chi connectivity index (χ1) is 17.7. The third-order valence-corrected chi connectivity index (χ3v) is 12.3. The molecule has 0 unspecified atom stereocenters. The van der Waals surface area contributed by atoms with Crippen LogP contribution in [0, 0.1) is 0 Å². The van der Waals surface area contributed by atoms with E-state index >= 15 is 0 Å². The van der Waals surface area contributed by atoms with Crippen LogP contribution in [0.5, 0.6) is 0 Å². The van der Waals surface area contributed by atoms with Crippen LogP contribution in [0.2, 0.25) is 33.5 Å². The zero-order valence-corrected chi connectivity index (χ0v) is 27.4. The Morgan fingerprint density at radius 1 is 1.16 bits per heavy atom. The normalized spacial score (nSPS) is 11.8. The van der Waals surface area contributed by atoms with Crippen LogP contribution in [0.1, 0.15) is 93.9 Å². The van der Waals surface area contributed by atoms with Gasteiger partial charge in [-0.1, -0.05) is 89.2 Å². The minimum absolute atomic E-state index is 0.0624. The van der Waals surface area contributed by atoms with Crippen molar-refractivity contribution in [3.05, 3.63) is 56.0 Å². The third kappa shape index (κ3) is 10.7. The number of aromatic nitrogens is 2. The molecule has 0 saturated heterocycles. The van der Waals surface area contributed by atoms with E-state index in [0.717, 1.165) is 38.0 Å². The minimum atomic E-state index is -1.67. The van der Waals surface area contributed by atoms with Crippen LogP contribution in [-0.4, -0.2) is 37.3 Å². The van der Waals surface area contributed by atoms with Gasteiger partial charge in [0, 0.05) is 31.6 Å². The smallest absolute Gasteiger partial charge is 0.254 e. The molecule has 0 bridgehead atoms. The van der Waals surface area contributed by atoms with Crippen LogP contribution in [0.15, 0.2) is 18.3 Å². The molecule has 0 spiro atoms. The lowest BCUT2D eigenvalue weighted by Crippen LogP contribution is -2.41. The Bertz CT molecular complexity index is 1040. The van der Waals surface area contributed by atoms with Crippen LogP contribution >= 0.6 is 34.8 Å². The maximum atomic E-state index is 11.8. The summed E-state index contributed by atoms with van der Waals surface area (Å²) < 4.78 is 6.28. The number of nitrogens with one attached hydrogen (secondary N) is 1. The molecule has 2 heterocycles. The summed E-state index contributed by atoms with van der Waals surface area (Å²) in [6.45, 7) is 19.8. The van der Waals surface area contributed by atoms with E-state index in [4.69, 9.17) is 45.0 Å². The average Bonchev–Trinajstić information content (AvgIpc) is 2.83. The van der Waals surface area contributed by atoms with Gasteiger partial charge in [0.1, 0.15) is 10.3 Å². The van der Waals surface area contributed by atoms with Crippen LogP contribution in [0.4, 0.5) is 0 Å². The number of hydrogen-bond acceptors (Lipinski definition) is 5. The summed E-state index contributed by atoms with van der Waals surface area (Å²) in [5.74, 6) is 0.127. The summed E-state index contributed by atoms with van der Waals surface area (Å²) in [6.07, 6.45) is 5.94. The molecule has 10 heteroatoms. The van der Waals surface area contributed by atoms with Crippen LogP contribution in [-0.2, 0) is 17.4 Å². The van der Waals surface area contributed by atoms with E-state index in [1.165, 1.54) is 17.2 Å². The summed E-state index contributed by atoms with van der Waals surface area (Å²) in [4.78, 5) is 20.0. The SMILES string of the molecule is CC(C)c1nccc(CCO[Si](C)(C)C(C)(C)C)c1CN.CCCCCNC(=O)c1cc(Cl)c(Cl)nc1Cl. The number of rotatable bonds is 11. The highest BCUT2D eigenvalue weighted by Crippen LogP contribution is 2.36. The molecular weight excluding hydrogens is 559 g/mol. The monoisotopic (exact) mass is 602 g/mol. The Kier molecular flexibility index (Phi) is 14.8.